The Labute approximate surface area is 126 Å². The van der Waals surface area contributed by atoms with Gasteiger partial charge in [-0.2, -0.15) is 0 Å². The van der Waals surface area contributed by atoms with E-state index in [9.17, 15) is 0 Å². The van der Waals surface area contributed by atoms with E-state index < -0.39 is 0 Å². The normalized spacial score (nSPS) is 12.9. The molecule has 1 atom stereocenters. The van der Waals surface area contributed by atoms with Crippen LogP contribution in [0.1, 0.15) is 63.1 Å². The van der Waals surface area contributed by atoms with E-state index in [4.69, 9.17) is 0 Å². The zero-order chi connectivity index (χ0) is 15.0. The highest BCUT2D eigenvalue weighted by Crippen LogP contribution is 2.22. The van der Waals surface area contributed by atoms with Crippen LogP contribution in [0.25, 0.3) is 0 Å². The zero-order valence-electron chi connectivity index (χ0n) is 14.1. The topological polar surface area (TPSA) is 12.0 Å². The second kappa shape index (κ2) is 9.18. The van der Waals surface area contributed by atoms with E-state index >= 15 is 0 Å². The number of aryl methyl sites for hydroxylation is 2. The Hall–Kier alpha value is -0.820. The van der Waals surface area contributed by atoms with Crippen molar-refractivity contribution in [2.75, 3.05) is 6.54 Å². The van der Waals surface area contributed by atoms with Gasteiger partial charge in [-0.15, -0.1) is 0 Å². The van der Waals surface area contributed by atoms with E-state index in [0.717, 1.165) is 12.5 Å². The molecule has 0 bridgehead atoms. The number of hydrogen-bond acceptors (Lipinski definition) is 1. The average molecular weight is 275 g/mol. The summed E-state index contributed by atoms with van der Waals surface area (Å²) in [6.07, 6.45) is 6.44. The molecule has 0 spiro atoms. The molecule has 1 rings (SSSR count). The Morgan fingerprint density at radius 2 is 1.45 bits per heavy atom. The van der Waals surface area contributed by atoms with Gasteiger partial charge in [0.2, 0.25) is 0 Å². The van der Waals surface area contributed by atoms with Crippen LogP contribution in [0, 0.1) is 19.8 Å². The third-order valence-electron chi connectivity index (χ3n) is 4.09. The summed E-state index contributed by atoms with van der Waals surface area (Å²) < 4.78 is 0. The first-order chi connectivity index (χ1) is 9.60. The molecule has 1 aromatic rings. The molecule has 0 amide bonds. The van der Waals surface area contributed by atoms with Crippen LogP contribution in [-0.2, 0) is 6.42 Å². The largest absolute Gasteiger partial charge is 0.314 e. The number of nitrogens with one attached hydrogen (secondary N) is 1. The van der Waals surface area contributed by atoms with Crippen molar-refractivity contribution in [2.45, 2.75) is 72.8 Å². The summed E-state index contributed by atoms with van der Waals surface area (Å²) in [6.45, 7) is 12.3. The highest BCUT2D eigenvalue weighted by molar-refractivity contribution is 5.29. The monoisotopic (exact) mass is 275 g/mol. The highest BCUT2D eigenvalue weighted by atomic mass is 14.9. The summed E-state index contributed by atoms with van der Waals surface area (Å²) in [4.78, 5) is 0. The fourth-order valence-corrected chi connectivity index (χ4v) is 3.40. The minimum atomic E-state index is 0.626. The van der Waals surface area contributed by atoms with E-state index in [2.05, 4.69) is 58.1 Å². The van der Waals surface area contributed by atoms with Gasteiger partial charge < -0.3 is 5.32 Å². The number of hydrogen-bond donors (Lipinski definition) is 1. The average Bonchev–Trinajstić information content (AvgIpc) is 2.37. The Balaban J connectivity index is 2.83. The van der Waals surface area contributed by atoms with Gasteiger partial charge in [0.15, 0.2) is 0 Å². The minimum Gasteiger partial charge on any atom is -0.314 e. The summed E-state index contributed by atoms with van der Waals surface area (Å²) >= 11 is 0. The first kappa shape index (κ1) is 17.2. The lowest BCUT2D eigenvalue weighted by atomic mass is 9.86. The molecule has 1 unspecified atom stereocenters. The zero-order valence-corrected chi connectivity index (χ0v) is 14.1. The molecule has 0 aromatic heterocycles. The lowest BCUT2D eigenvalue weighted by Crippen LogP contribution is -2.38. The third-order valence-corrected chi connectivity index (χ3v) is 4.09. The molecule has 114 valence electrons. The van der Waals surface area contributed by atoms with Gasteiger partial charge >= 0.3 is 0 Å². The predicted molar refractivity (Wildman–Crippen MR) is 90.4 cm³/mol. The van der Waals surface area contributed by atoms with E-state index in [0.29, 0.717) is 6.04 Å². The van der Waals surface area contributed by atoms with Crippen LogP contribution >= 0.6 is 0 Å². The van der Waals surface area contributed by atoms with E-state index in [1.54, 1.807) is 0 Å². The summed E-state index contributed by atoms with van der Waals surface area (Å²) in [5.41, 5.74) is 4.27. The van der Waals surface area contributed by atoms with Gasteiger partial charge in [0.25, 0.3) is 0 Å². The molecule has 0 aliphatic rings. The summed E-state index contributed by atoms with van der Waals surface area (Å²) in [6, 6.07) is 7.60. The fourth-order valence-electron chi connectivity index (χ4n) is 3.40. The van der Waals surface area contributed by atoms with Crippen molar-refractivity contribution < 1.29 is 0 Å². The SMILES string of the molecule is CCCC(CCC)C(Cc1cc(C)cc(C)c1)NCC. The number of benzene rings is 1. The van der Waals surface area contributed by atoms with E-state index in [-0.39, 0.29) is 0 Å². The molecule has 20 heavy (non-hydrogen) atoms. The van der Waals surface area contributed by atoms with Crippen LogP contribution in [0.2, 0.25) is 0 Å². The van der Waals surface area contributed by atoms with Crippen LogP contribution in [0.3, 0.4) is 0 Å². The van der Waals surface area contributed by atoms with Crippen LogP contribution in [-0.4, -0.2) is 12.6 Å². The van der Waals surface area contributed by atoms with Crippen LogP contribution < -0.4 is 5.32 Å². The van der Waals surface area contributed by atoms with Gasteiger partial charge in [0.1, 0.15) is 0 Å². The van der Waals surface area contributed by atoms with E-state index in [1.165, 1.54) is 48.8 Å². The van der Waals surface area contributed by atoms with Gasteiger partial charge in [-0.1, -0.05) is 62.9 Å². The van der Waals surface area contributed by atoms with Gasteiger partial charge in [0, 0.05) is 6.04 Å². The van der Waals surface area contributed by atoms with Gasteiger partial charge in [-0.05, 0) is 51.1 Å². The lowest BCUT2D eigenvalue weighted by molar-refractivity contribution is 0.312. The first-order valence-electron chi connectivity index (χ1n) is 8.41. The molecule has 1 aromatic carbocycles. The third kappa shape index (κ3) is 5.66. The maximum Gasteiger partial charge on any atom is 0.0136 e. The fraction of sp³-hybridized carbons (Fsp3) is 0.684. The molecule has 1 nitrogen and oxygen atoms in total. The summed E-state index contributed by atoms with van der Waals surface area (Å²) in [5.74, 6) is 0.811. The smallest absolute Gasteiger partial charge is 0.0136 e. The quantitative estimate of drug-likeness (QED) is 0.665. The molecule has 0 fully saturated rings. The van der Waals surface area contributed by atoms with Crippen molar-refractivity contribution in [1.82, 2.24) is 5.32 Å². The second-order valence-corrected chi connectivity index (χ2v) is 6.20. The molecule has 1 heteroatoms. The van der Waals surface area contributed by atoms with Crippen LogP contribution in [0.4, 0.5) is 0 Å². The predicted octanol–water partition coefficient (Wildman–Crippen LogP) is 5.04. The maximum atomic E-state index is 3.74. The summed E-state index contributed by atoms with van der Waals surface area (Å²) in [7, 11) is 0. The van der Waals surface area contributed by atoms with Crippen molar-refractivity contribution in [3.8, 4) is 0 Å². The Kier molecular flexibility index (Phi) is 7.91. The lowest BCUT2D eigenvalue weighted by Gasteiger charge is -2.28. The Morgan fingerprint density at radius 3 is 1.90 bits per heavy atom. The van der Waals surface area contributed by atoms with Gasteiger partial charge in [0.05, 0.1) is 0 Å². The maximum absolute atomic E-state index is 3.74. The molecule has 0 saturated carbocycles. The molecule has 1 N–H and O–H groups in total. The van der Waals surface area contributed by atoms with Crippen molar-refractivity contribution in [3.05, 3.63) is 34.9 Å². The van der Waals surface area contributed by atoms with Crippen molar-refractivity contribution >= 4 is 0 Å². The number of likely N-dealkylation sites (N-methyl/N-ethyl adjacent to an activating group) is 1. The molecule has 0 aliphatic carbocycles. The molecule has 0 radical (unpaired) electrons. The molecule has 0 saturated heterocycles. The minimum absolute atomic E-state index is 0.626. The van der Waals surface area contributed by atoms with Crippen molar-refractivity contribution in [1.29, 1.82) is 0 Å². The van der Waals surface area contributed by atoms with Crippen molar-refractivity contribution in [2.24, 2.45) is 5.92 Å². The molecule has 0 heterocycles. The summed E-state index contributed by atoms with van der Waals surface area (Å²) in [5, 5.41) is 3.74. The van der Waals surface area contributed by atoms with Crippen LogP contribution in [0.15, 0.2) is 18.2 Å². The molecular formula is C19H33N. The standard InChI is InChI=1S/C19H33N/c1-6-9-18(10-7-2)19(20-8-3)14-17-12-15(4)11-16(5)13-17/h11-13,18-20H,6-10,14H2,1-5H3. The first-order valence-corrected chi connectivity index (χ1v) is 8.41. The molecular weight excluding hydrogens is 242 g/mol. The van der Waals surface area contributed by atoms with Crippen LogP contribution in [0.5, 0.6) is 0 Å². The highest BCUT2D eigenvalue weighted by Gasteiger charge is 2.19. The van der Waals surface area contributed by atoms with E-state index in [1.807, 2.05) is 0 Å². The molecule has 0 aliphatic heterocycles. The Morgan fingerprint density at radius 1 is 0.900 bits per heavy atom. The van der Waals surface area contributed by atoms with Gasteiger partial charge in [-0.3, -0.25) is 0 Å². The van der Waals surface area contributed by atoms with Crippen molar-refractivity contribution in [3.63, 3.8) is 0 Å². The second-order valence-electron chi connectivity index (χ2n) is 6.20. The number of rotatable bonds is 9. The van der Waals surface area contributed by atoms with Gasteiger partial charge in [-0.25, -0.2) is 0 Å². The Bertz CT molecular complexity index is 357.